The lowest BCUT2D eigenvalue weighted by Gasteiger charge is -2.23. The van der Waals surface area contributed by atoms with Crippen LogP contribution in [0.3, 0.4) is 0 Å². The number of hydrogen-bond acceptors (Lipinski definition) is 7. The highest BCUT2D eigenvalue weighted by Crippen LogP contribution is 2.23. The standard InChI is InChI=1S/C19H24N2O6S/c1-19(2,3)26-18(25)20-12(9-10-28-4)11-15(22)27-21-16(23)13-7-5-6-8-14(13)17(21)24/h5-8,12H,9-11H2,1-4H3,(H,20,25)/t12-/m0/s1. The molecule has 1 aromatic carbocycles. The Morgan fingerprint density at radius 3 is 2.21 bits per heavy atom. The van der Waals surface area contributed by atoms with Crippen LogP contribution < -0.4 is 5.32 Å². The maximum absolute atomic E-state index is 12.3. The Hall–Kier alpha value is -2.55. The van der Waals surface area contributed by atoms with Gasteiger partial charge in [-0.2, -0.15) is 11.8 Å². The lowest BCUT2D eigenvalue weighted by atomic mass is 10.1. The van der Waals surface area contributed by atoms with E-state index in [9.17, 15) is 19.2 Å². The first kappa shape index (κ1) is 21.7. The second-order valence-electron chi connectivity index (χ2n) is 7.24. The summed E-state index contributed by atoms with van der Waals surface area (Å²) in [4.78, 5) is 53.9. The number of thioether (sulfide) groups is 1. The molecule has 9 heteroatoms. The van der Waals surface area contributed by atoms with Crippen LogP contribution in [-0.4, -0.2) is 52.6 Å². The number of hydrogen-bond donors (Lipinski definition) is 1. The maximum Gasteiger partial charge on any atom is 0.407 e. The van der Waals surface area contributed by atoms with Gasteiger partial charge in [0.2, 0.25) is 0 Å². The van der Waals surface area contributed by atoms with Crippen molar-refractivity contribution in [1.29, 1.82) is 0 Å². The van der Waals surface area contributed by atoms with Crippen molar-refractivity contribution in [2.45, 2.75) is 45.3 Å². The molecule has 0 bridgehead atoms. The first-order valence-electron chi connectivity index (χ1n) is 8.79. The van der Waals surface area contributed by atoms with Gasteiger partial charge < -0.3 is 14.9 Å². The number of ether oxygens (including phenoxy) is 1. The lowest BCUT2D eigenvalue weighted by Crippen LogP contribution is -2.42. The van der Waals surface area contributed by atoms with E-state index in [1.807, 2.05) is 6.26 Å². The highest BCUT2D eigenvalue weighted by molar-refractivity contribution is 7.98. The fourth-order valence-electron chi connectivity index (χ4n) is 2.55. The zero-order valence-electron chi connectivity index (χ0n) is 16.3. The largest absolute Gasteiger partial charge is 0.444 e. The molecule has 2 rings (SSSR count). The van der Waals surface area contributed by atoms with Crippen LogP contribution in [0, 0.1) is 0 Å². The molecule has 0 spiro atoms. The Morgan fingerprint density at radius 2 is 1.71 bits per heavy atom. The van der Waals surface area contributed by atoms with Gasteiger partial charge in [0.15, 0.2) is 0 Å². The minimum Gasteiger partial charge on any atom is -0.444 e. The summed E-state index contributed by atoms with van der Waals surface area (Å²) in [6.07, 6.45) is 1.55. The van der Waals surface area contributed by atoms with E-state index in [0.717, 1.165) is 0 Å². The van der Waals surface area contributed by atoms with Gasteiger partial charge in [-0.1, -0.05) is 17.2 Å². The number of fused-ring (bicyclic) bond motifs is 1. The van der Waals surface area contributed by atoms with Crippen molar-refractivity contribution in [1.82, 2.24) is 10.4 Å². The van der Waals surface area contributed by atoms with Crippen LogP contribution >= 0.6 is 11.8 Å². The van der Waals surface area contributed by atoms with Crippen LogP contribution in [0.5, 0.6) is 0 Å². The molecular formula is C19H24N2O6S. The van der Waals surface area contributed by atoms with Gasteiger partial charge in [0, 0.05) is 6.04 Å². The van der Waals surface area contributed by atoms with Crippen molar-refractivity contribution in [3.8, 4) is 0 Å². The van der Waals surface area contributed by atoms with Crippen LogP contribution in [0.15, 0.2) is 24.3 Å². The molecule has 0 aromatic heterocycles. The summed E-state index contributed by atoms with van der Waals surface area (Å²) in [6.45, 7) is 5.21. The zero-order chi connectivity index (χ0) is 20.9. The number of carbonyl (C=O) groups is 4. The molecule has 8 nitrogen and oxygen atoms in total. The second-order valence-corrected chi connectivity index (χ2v) is 8.23. The van der Waals surface area contributed by atoms with Crippen LogP contribution in [-0.2, 0) is 14.4 Å². The number of carbonyl (C=O) groups excluding carboxylic acids is 4. The monoisotopic (exact) mass is 408 g/mol. The predicted octanol–water partition coefficient (Wildman–Crippen LogP) is 2.78. The fourth-order valence-corrected chi connectivity index (χ4v) is 3.07. The van der Waals surface area contributed by atoms with Crippen LogP contribution in [0.1, 0.15) is 54.3 Å². The molecule has 0 aliphatic carbocycles. The van der Waals surface area contributed by atoms with Crippen molar-refractivity contribution in [2.24, 2.45) is 0 Å². The van der Waals surface area contributed by atoms with Gasteiger partial charge in [-0.3, -0.25) is 9.59 Å². The molecule has 1 atom stereocenters. The summed E-state index contributed by atoms with van der Waals surface area (Å²) in [5.74, 6) is -1.47. The number of rotatable bonds is 7. The van der Waals surface area contributed by atoms with Gasteiger partial charge in [-0.15, -0.1) is 0 Å². The molecular weight excluding hydrogens is 384 g/mol. The number of benzene rings is 1. The Balaban J connectivity index is 1.99. The summed E-state index contributed by atoms with van der Waals surface area (Å²) in [5.41, 5.74) is -0.299. The van der Waals surface area contributed by atoms with Crippen LogP contribution in [0.25, 0.3) is 0 Å². The molecule has 1 aromatic rings. The van der Waals surface area contributed by atoms with Gasteiger partial charge in [0.05, 0.1) is 17.5 Å². The first-order valence-corrected chi connectivity index (χ1v) is 10.2. The van der Waals surface area contributed by atoms with E-state index < -0.39 is 35.5 Å². The minimum atomic E-state index is -0.795. The van der Waals surface area contributed by atoms with Gasteiger partial charge in [-0.05, 0) is 51.3 Å². The smallest absolute Gasteiger partial charge is 0.407 e. The van der Waals surface area contributed by atoms with Crippen molar-refractivity contribution in [3.63, 3.8) is 0 Å². The maximum atomic E-state index is 12.3. The molecule has 1 aliphatic rings. The number of imide groups is 1. The Kier molecular flexibility index (Phi) is 7.06. The zero-order valence-corrected chi connectivity index (χ0v) is 17.1. The summed E-state index contributed by atoms with van der Waals surface area (Å²) in [5, 5.41) is 3.10. The van der Waals surface area contributed by atoms with Crippen molar-refractivity contribution in [3.05, 3.63) is 35.4 Å². The molecule has 0 unspecified atom stereocenters. The predicted molar refractivity (Wildman–Crippen MR) is 104 cm³/mol. The third-order valence-corrected chi connectivity index (χ3v) is 4.40. The third kappa shape index (κ3) is 5.72. The molecule has 3 amide bonds. The van der Waals surface area contributed by atoms with Crippen LogP contribution in [0.4, 0.5) is 4.79 Å². The molecule has 0 fully saturated rings. The Bertz CT molecular complexity index is 739. The molecule has 1 N–H and O–H groups in total. The second kappa shape index (κ2) is 9.09. The van der Waals surface area contributed by atoms with Gasteiger partial charge in [-0.25, -0.2) is 9.59 Å². The van der Waals surface area contributed by atoms with Crippen molar-refractivity contribution >= 4 is 35.6 Å². The highest BCUT2D eigenvalue weighted by atomic mass is 32.2. The molecule has 1 aliphatic heterocycles. The number of nitrogens with zero attached hydrogens (tertiary/aromatic N) is 1. The number of alkyl carbamates (subject to hydrolysis) is 1. The molecule has 1 heterocycles. The van der Waals surface area contributed by atoms with E-state index in [2.05, 4.69) is 5.32 Å². The fraction of sp³-hybridized carbons (Fsp3) is 0.474. The van der Waals surface area contributed by atoms with E-state index in [1.165, 1.54) is 12.1 Å². The average molecular weight is 408 g/mol. The van der Waals surface area contributed by atoms with E-state index >= 15 is 0 Å². The van der Waals surface area contributed by atoms with Crippen molar-refractivity contribution < 1.29 is 28.8 Å². The lowest BCUT2D eigenvalue weighted by molar-refractivity contribution is -0.169. The summed E-state index contributed by atoms with van der Waals surface area (Å²) < 4.78 is 5.21. The number of hydroxylamine groups is 2. The average Bonchev–Trinajstić information content (AvgIpc) is 2.83. The SMILES string of the molecule is CSCC[C@@H](CC(=O)ON1C(=O)c2ccccc2C1=O)NC(=O)OC(C)(C)C. The van der Waals surface area contributed by atoms with E-state index in [1.54, 1.807) is 44.7 Å². The quantitative estimate of drug-likeness (QED) is 0.692. The number of nitrogens with one attached hydrogen (secondary N) is 1. The van der Waals surface area contributed by atoms with Gasteiger partial charge in [0.1, 0.15) is 5.60 Å². The minimum absolute atomic E-state index is 0.186. The molecule has 152 valence electrons. The van der Waals surface area contributed by atoms with Gasteiger partial charge >= 0.3 is 12.1 Å². The topological polar surface area (TPSA) is 102 Å². The molecule has 0 saturated heterocycles. The first-order chi connectivity index (χ1) is 13.1. The Morgan fingerprint density at radius 1 is 1.14 bits per heavy atom. The van der Waals surface area contributed by atoms with Gasteiger partial charge in [0.25, 0.3) is 11.8 Å². The van der Waals surface area contributed by atoms with E-state index in [0.29, 0.717) is 17.2 Å². The Labute approximate surface area is 167 Å². The van der Waals surface area contributed by atoms with E-state index in [-0.39, 0.29) is 17.5 Å². The normalized spacial score (nSPS) is 14.5. The van der Waals surface area contributed by atoms with Crippen LogP contribution in [0.2, 0.25) is 0 Å². The summed E-state index contributed by atoms with van der Waals surface area (Å²) in [7, 11) is 0. The number of amides is 3. The summed E-state index contributed by atoms with van der Waals surface area (Å²) >= 11 is 1.56. The van der Waals surface area contributed by atoms with Crippen molar-refractivity contribution in [2.75, 3.05) is 12.0 Å². The molecule has 0 saturated carbocycles. The van der Waals surface area contributed by atoms with E-state index in [4.69, 9.17) is 9.57 Å². The highest BCUT2D eigenvalue weighted by Gasteiger charge is 2.38. The third-order valence-electron chi connectivity index (χ3n) is 3.75. The molecule has 28 heavy (non-hydrogen) atoms. The molecule has 0 radical (unpaired) electrons. The summed E-state index contributed by atoms with van der Waals surface area (Å²) in [6, 6.07) is 5.69.